The zero-order chi connectivity index (χ0) is 15.6. The van der Waals surface area contributed by atoms with Crippen molar-refractivity contribution in [3.63, 3.8) is 0 Å². The van der Waals surface area contributed by atoms with E-state index in [1.165, 1.54) is 30.3 Å². The summed E-state index contributed by atoms with van der Waals surface area (Å²) in [6.07, 6.45) is -4.76. The van der Waals surface area contributed by atoms with Crippen molar-refractivity contribution in [1.82, 2.24) is 0 Å². The third-order valence-corrected chi connectivity index (χ3v) is 2.82. The van der Waals surface area contributed by atoms with E-state index in [0.29, 0.717) is 16.8 Å². The maximum atomic E-state index is 13.4. The molecule has 2 rings (SSSR count). The van der Waals surface area contributed by atoms with E-state index in [9.17, 15) is 17.6 Å². The number of nitrogens with zero attached hydrogens (tertiary/aromatic N) is 1. The van der Waals surface area contributed by atoms with Gasteiger partial charge >= 0.3 is 6.36 Å². The van der Waals surface area contributed by atoms with E-state index >= 15 is 0 Å². The molecule has 0 spiro atoms. The summed E-state index contributed by atoms with van der Waals surface area (Å²) in [4.78, 5) is 1.76. The number of rotatable bonds is 3. The molecule has 0 unspecified atom stereocenters. The van der Waals surface area contributed by atoms with Crippen molar-refractivity contribution < 1.29 is 22.3 Å². The molecule has 0 aliphatic rings. The van der Waals surface area contributed by atoms with Gasteiger partial charge < -0.3 is 9.64 Å². The van der Waals surface area contributed by atoms with Crippen LogP contribution in [0, 0.1) is 5.82 Å². The van der Waals surface area contributed by atoms with Crippen LogP contribution in [-0.2, 0) is 0 Å². The second kappa shape index (κ2) is 5.63. The van der Waals surface area contributed by atoms with Gasteiger partial charge in [-0.1, -0.05) is 12.1 Å². The molecule has 0 aliphatic heterocycles. The van der Waals surface area contributed by atoms with Gasteiger partial charge in [-0.15, -0.1) is 13.2 Å². The van der Waals surface area contributed by atoms with Crippen molar-refractivity contribution in [2.24, 2.45) is 0 Å². The highest BCUT2D eigenvalue weighted by atomic mass is 19.4. The second-order valence-electron chi connectivity index (χ2n) is 4.63. The minimum absolute atomic E-state index is 0.339. The van der Waals surface area contributed by atoms with E-state index in [-0.39, 0.29) is 5.75 Å². The van der Waals surface area contributed by atoms with Crippen LogP contribution in [0.25, 0.3) is 11.1 Å². The van der Waals surface area contributed by atoms with Crippen LogP contribution in [0.15, 0.2) is 42.5 Å². The van der Waals surface area contributed by atoms with Crippen LogP contribution in [0.2, 0.25) is 0 Å². The SMILES string of the molecule is CN(C)c1ccc(F)cc1-c1cccc(OC(F)(F)F)c1. The Kier molecular flexibility index (Phi) is 4.06. The first-order valence-corrected chi connectivity index (χ1v) is 6.09. The van der Waals surface area contributed by atoms with E-state index in [4.69, 9.17) is 0 Å². The molecule has 0 atom stereocenters. The van der Waals surface area contributed by atoms with Gasteiger partial charge in [0.1, 0.15) is 11.6 Å². The molecule has 0 heterocycles. The number of hydrogen-bond donors (Lipinski definition) is 0. The average molecular weight is 299 g/mol. The van der Waals surface area contributed by atoms with Gasteiger partial charge in [-0.2, -0.15) is 0 Å². The highest BCUT2D eigenvalue weighted by molar-refractivity contribution is 5.79. The predicted octanol–water partition coefficient (Wildman–Crippen LogP) is 4.46. The molecule has 0 amide bonds. The summed E-state index contributed by atoms with van der Waals surface area (Å²) in [6.45, 7) is 0. The van der Waals surface area contributed by atoms with E-state index in [0.717, 1.165) is 0 Å². The summed E-state index contributed by atoms with van der Waals surface area (Å²) < 4.78 is 54.1. The number of ether oxygens (including phenoxy) is 1. The number of halogens is 4. The molecule has 0 aliphatic carbocycles. The van der Waals surface area contributed by atoms with E-state index < -0.39 is 12.2 Å². The van der Waals surface area contributed by atoms with Crippen LogP contribution in [0.4, 0.5) is 23.2 Å². The quantitative estimate of drug-likeness (QED) is 0.776. The summed E-state index contributed by atoms with van der Waals surface area (Å²) >= 11 is 0. The number of benzene rings is 2. The van der Waals surface area contributed by atoms with Gasteiger partial charge in [-0.3, -0.25) is 0 Å². The van der Waals surface area contributed by atoms with Crippen molar-refractivity contribution in [2.45, 2.75) is 6.36 Å². The molecule has 2 nitrogen and oxygen atoms in total. The minimum atomic E-state index is -4.76. The van der Waals surface area contributed by atoms with Crippen molar-refractivity contribution >= 4 is 5.69 Å². The Bertz CT molecular complexity index is 638. The van der Waals surface area contributed by atoms with Crippen LogP contribution in [-0.4, -0.2) is 20.5 Å². The lowest BCUT2D eigenvalue weighted by Gasteiger charge is -2.18. The molecule has 2 aromatic carbocycles. The standard InChI is InChI=1S/C15H13F4NO/c1-20(2)14-7-6-11(16)9-13(14)10-4-3-5-12(8-10)21-15(17,18)19/h3-9H,1-2H3. The first-order chi connectivity index (χ1) is 9.76. The number of anilines is 1. The Hall–Kier alpha value is -2.24. The molecule has 0 fully saturated rings. The fourth-order valence-corrected chi connectivity index (χ4v) is 1.99. The molecule has 0 N–H and O–H groups in total. The Labute approximate surface area is 119 Å². The Morgan fingerprint density at radius 1 is 1.00 bits per heavy atom. The molecule has 0 aromatic heterocycles. The highest BCUT2D eigenvalue weighted by Crippen LogP contribution is 2.33. The number of alkyl halides is 3. The minimum Gasteiger partial charge on any atom is -0.406 e. The molecule has 0 bridgehead atoms. The van der Waals surface area contributed by atoms with Crippen molar-refractivity contribution in [3.05, 3.63) is 48.3 Å². The van der Waals surface area contributed by atoms with Gasteiger partial charge in [0, 0.05) is 25.3 Å². The third kappa shape index (κ3) is 3.87. The van der Waals surface area contributed by atoms with E-state index in [1.807, 2.05) is 0 Å². The third-order valence-electron chi connectivity index (χ3n) is 2.82. The summed E-state index contributed by atoms with van der Waals surface area (Å²) in [6, 6.07) is 9.62. The molecule has 6 heteroatoms. The van der Waals surface area contributed by atoms with Gasteiger partial charge in [0.05, 0.1) is 0 Å². The van der Waals surface area contributed by atoms with Crippen molar-refractivity contribution in [1.29, 1.82) is 0 Å². The van der Waals surface area contributed by atoms with Crippen LogP contribution < -0.4 is 9.64 Å². The molecular formula is C15H13F4NO. The largest absolute Gasteiger partial charge is 0.573 e. The lowest BCUT2D eigenvalue weighted by Crippen LogP contribution is -2.17. The fourth-order valence-electron chi connectivity index (χ4n) is 1.99. The van der Waals surface area contributed by atoms with Gasteiger partial charge in [0.2, 0.25) is 0 Å². The Morgan fingerprint density at radius 2 is 1.71 bits per heavy atom. The fraction of sp³-hybridized carbons (Fsp3) is 0.200. The van der Waals surface area contributed by atoms with Gasteiger partial charge in [-0.25, -0.2) is 4.39 Å². The molecule has 0 saturated carbocycles. The van der Waals surface area contributed by atoms with Gasteiger partial charge in [0.25, 0.3) is 0 Å². The van der Waals surface area contributed by atoms with Gasteiger partial charge in [0.15, 0.2) is 0 Å². The van der Waals surface area contributed by atoms with Gasteiger partial charge in [-0.05, 0) is 35.9 Å². The van der Waals surface area contributed by atoms with E-state index in [2.05, 4.69) is 4.74 Å². The second-order valence-corrected chi connectivity index (χ2v) is 4.63. The highest BCUT2D eigenvalue weighted by Gasteiger charge is 2.31. The monoisotopic (exact) mass is 299 g/mol. The average Bonchev–Trinajstić information content (AvgIpc) is 2.36. The maximum absolute atomic E-state index is 13.4. The first kappa shape index (κ1) is 15.2. The lowest BCUT2D eigenvalue weighted by molar-refractivity contribution is -0.274. The summed E-state index contributed by atoms with van der Waals surface area (Å²) in [5, 5.41) is 0. The Balaban J connectivity index is 2.47. The van der Waals surface area contributed by atoms with Crippen LogP contribution in [0.5, 0.6) is 5.75 Å². The molecule has 21 heavy (non-hydrogen) atoms. The summed E-state index contributed by atoms with van der Waals surface area (Å²) in [7, 11) is 3.54. The Morgan fingerprint density at radius 3 is 2.33 bits per heavy atom. The molecule has 0 saturated heterocycles. The smallest absolute Gasteiger partial charge is 0.406 e. The zero-order valence-corrected chi connectivity index (χ0v) is 11.4. The van der Waals surface area contributed by atoms with E-state index in [1.54, 1.807) is 31.1 Å². The van der Waals surface area contributed by atoms with Crippen LogP contribution in [0.1, 0.15) is 0 Å². The predicted molar refractivity (Wildman–Crippen MR) is 72.8 cm³/mol. The van der Waals surface area contributed by atoms with Crippen LogP contribution >= 0.6 is 0 Å². The van der Waals surface area contributed by atoms with Crippen molar-refractivity contribution in [2.75, 3.05) is 19.0 Å². The topological polar surface area (TPSA) is 12.5 Å². The number of hydrogen-bond acceptors (Lipinski definition) is 2. The van der Waals surface area contributed by atoms with Crippen LogP contribution in [0.3, 0.4) is 0 Å². The summed E-state index contributed by atoms with van der Waals surface area (Å²) in [5.74, 6) is -0.799. The maximum Gasteiger partial charge on any atom is 0.573 e. The first-order valence-electron chi connectivity index (χ1n) is 6.09. The molecular weight excluding hydrogens is 286 g/mol. The zero-order valence-electron chi connectivity index (χ0n) is 11.4. The van der Waals surface area contributed by atoms with Crippen molar-refractivity contribution in [3.8, 4) is 16.9 Å². The molecule has 0 radical (unpaired) electrons. The normalized spacial score (nSPS) is 11.3. The lowest BCUT2D eigenvalue weighted by atomic mass is 10.0. The molecule has 2 aromatic rings. The summed E-state index contributed by atoms with van der Waals surface area (Å²) in [5.41, 5.74) is 1.63. The molecule has 112 valence electrons.